The topological polar surface area (TPSA) is 85.5 Å². The van der Waals surface area contributed by atoms with Crippen molar-refractivity contribution in [3.63, 3.8) is 0 Å². The molecule has 6 nitrogen and oxygen atoms in total. The van der Waals surface area contributed by atoms with Crippen molar-refractivity contribution in [3.8, 4) is 0 Å². The second kappa shape index (κ2) is 7.10. The molecule has 0 aliphatic rings. The molecular weight excluding hydrogens is 236 g/mol. The molecule has 1 N–H and O–H groups in total. The van der Waals surface area contributed by atoms with Gasteiger partial charge in [0.05, 0.1) is 6.10 Å². The summed E-state index contributed by atoms with van der Waals surface area (Å²) in [6, 6.07) is 0. The molecule has 1 aromatic heterocycles. The second-order valence-electron chi connectivity index (χ2n) is 4.58. The molecule has 0 saturated heterocycles. The third kappa shape index (κ3) is 5.27. The van der Waals surface area contributed by atoms with Gasteiger partial charge in [0.25, 0.3) is 0 Å². The van der Waals surface area contributed by atoms with Crippen molar-refractivity contribution in [2.45, 2.75) is 45.6 Å². The molecule has 1 heterocycles. The van der Waals surface area contributed by atoms with Crippen LogP contribution >= 0.6 is 0 Å². The molecule has 0 aliphatic heterocycles. The lowest BCUT2D eigenvalue weighted by Gasteiger charge is -2.06. The number of aliphatic carboxylic acids is 1. The molecule has 0 aromatic carbocycles. The van der Waals surface area contributed by atoms with E-state index in [1.54, 1.807) is 7.11 Å². The number of methoxy groups -OCH3 is 1. The Morgan fingerprint density at radius 3 is 2.67 bits per heavy atom. The molecule has 2 unspecified atom stereocenters. The van der Waals surface area contributed by atoms with Gasteiger partial charge in [0.1, 0.15) is 0 Å². The summed E-state index contributed by atoms with van der Waals surface area (Å²) >= 11 is 0. The van der Waals surface area contributed by atoms with E-state index < -0.39 is 5.97 Å². The standard InChI is InChI=1S/C12H20N2O4/c1-8(7-12(15)16)6-11-14-13-10(18-11)5-4-9(2)17-3/h8-9H,4-7H2,1-3H3,(H,15,16). The van der Waals surface area contributed by atoms with Crippen molar-refractivity contribution >= 4 is 5.97 Å². The van der Waals surface area contributed by atoms with Crippen LogP contribution in [-0.2, 0) is 22.4 Å². The minimum absolute atomic E-state index is 0.00583. The van der Waals surface area contributed by atoms with E-state index in [0.717, 1.165) is 6.42 Å². The van der Waals surface area contributed by atoms with Gasteiger partial charge in [-0.05, 0) is 19.3 Å². The van der Waals surface area contributed by atoms with E-state index >= 15 is 0 Å². The number of hydrogen-bond acceptors (Lipinski definition) is 5. The van der Waals surface area contributed by atoms with Gasteiger partial charge in [0.15, 0.2) is 0 Å². The molecule has 18 heavy (non-hydrogen) atoms. The Hall–Kier alpha value is -1.43. The molecule has 0 saturated carbocycles. The highest BCUT2D eigenvalue weighted by atomic mass is 16.5. The van der Waals surface area contributed by atoms with Crippen LogP contribution < -0.4 is 0 Å². The van der Waals surface area contributed by atoms with Crippen molar-refractivity contribution in [1.82, 2.24) is 10.2 Å². The van der Waals surface area contributed by atoms with Crippen molar-refractivity contribution < 1.29 is 19.1 Å². The predicted molar refractivity (Wildman–Crippen MR) is 64.2 cm³/mol. The molecule has 1 rings (SSSR count). The van der Waals surface area contributed by atoms with Crippen molar-refractivity contribution in [2.24, 2.45) is 5.92 Å². The molecule has 1 aromatic rings. The van der Waals surface area contributed by atoms with Crippen LogP contribution in [-0.4, -0.2) is 34.5 Å². The third-order valence-electron chi connectivity index (χ3n) is 2.72. The quantitative estimate of drug-likeness (QED) is 0.761. The lowest BCUT2D eigenvalue weighted by atomic mass is 10.0. The Bertz CT molecular complexity index is 378. The van der Waals surface area contributed by atoms with Gasteiger partial charge in [-0.25, -0.2) is 0 Å². The average molecular weight is 256 g/mol. The van der Waals surface area contributed by atoms with E-state index in [0.29, 0.717) is 24.6 Å². The smallest absolute Gasteiger partial charge is 0.303 e. The number of carboxylic acid groups (broad SMARTS) is 1. The van der Waals surface area contributed by atoms with E-state index in [4.69, 9.17) is 14.3 Å². The minimum atomic E-state index is -0.809. The maximum Gasteiger partial charge on any atom is 0.303 e. The van der Waals surface area contributed by atoms with Crippen LogP contribution in [0.3, 0.4) is 0 Å². The molecular formula is C12H20N2O4. The van der Waals surface area contributed by atoms with E-state index in [9.17, 15) is 4.79 Å². The largest absolute Gasteiger partial charge is 0.481 e. The van der Waals surface area contributed by atoms with Gasteiger partial charge in [-0.1, -0.05) is 6.92 Å². The highest BCUT2D eigenvalue weighted by Crippen LogP contribution is 2.12. The molecule has 0 aliphatic carbocycles. The zero-order valence-corrected chi connectivity index (χ0v) is 11.0. The number of ether oxygens (including phenoxy) is 1. The van der Waals surface area contributed by atoms with Crippen LogP contribution in [0.15, 0.2) is 4.42 Å². The lowest BCUT2D eigenvalue weighted by Crippen LogP contribution is -2.07. The first-order valence-corrected chi connectivity index (χ1v) is 6.07. The summed E-state index contributed by atoms with van der Waals surface area (Å²) in [5.74, 6) is 0.269. The summed E-state index contributed by atoms with van der Waals surface area (Å²) in [5.41, 5.74) is 0. The number of hydrogen-bond donors (Lipinski definition) is 1. The lowest BCUT2D eigenvalue weighted by molar-refractivity contribution is -0.137. The Morgan fingerprint density at radius 2 is 2.06 bits per heavy atom. The van der Waals surface area contributed by atoms with Crippen LogP contribution in [0.25, 0.3) is 0 Å². The molecule has 0 radical (unpaired) electrons. The Morgan fingerprint density at radius 1 is 1.39 bits per heavy atom. The Kier molecular flexibility index (Phi) is 5.77. The first kappa shape index (κ1) is 14.6. The van der Waals surface area contributed by atoms with Crippen LogP contribution in [0.2, 0.25) is 0 Å². The zero-order chi connectivity index (χ0) is 13.5. The van der Waals surface area contributed by atoms with Crippen molar-refractivity contribution in [2.75, 3.05) is 7.11 Å². The number of aromatic nitrogens is 2. The molecule has 2 atom stereocenters. The highest BCUT2D eigenvalue weighted by molar-refractivity contribution is 5.66. The monoisotopic (exact) mass is 256 g/mol. The molecule has 0 amide bonds. The summed E-state index contributed by atoms with van der Waals surface area (Å²) in [4.78, 5) is 10.5. The van der Waals surface area contributed by atoms with E-state index in [2.05, 4.69) is 10.2 Å². The van der Waals surface area contributed by atoms with Gasteiger partial charge in [-0.2, -0.15) is 0 Å². The first-order chi connectivity index (χ1) is 8.51. The fourth-order valence-corrected chi connectivity index (χ4v) is 1.58. The van der Waals surface area contributed by atoms with E-state index in [1.165, 1.54) is 0 Å². The zero-order valence-electron chi connectivity index (χ0n) is 11.0. The molecule has 102 valence electrons. The number of carbonyl (C=O) groups is 1. The first-order valence-electron chi connectivity index (χ1n) is 6.07. The maximum absolute atomic E-state index is 10.5. The number of aryl methyl sites for hydroxylation is 1. The third-order valence-corrected chi connectivity index (χ3v) is 2.72. The summed E-state index contributed by atoms with van der Waals surface area (Å²) in [6.07, 6.45) is 2.27. The van der Waals surface area contributed by atoms with Gasteiger partial charge in [0, 0.05) is 26.4 Å². The number of nitrogens with zero attached hydrogens (tertiary/aromatic N) is 2. The van der Waals surface area contributed by atoms with Gasteiger partial charge in [-0.15, -0.1) is 10.2 Å². The summed E-state index contributed by atoms with van der Waals surface area (Å²) in [7, 11) is 1.66. The maximum atomic E-state index is 10.5. The fourth-order valence-electron chi connectivity index (χ4n) is 1.58. The van der Waals surface area contributed by atoms with Crippen molar-refractivity contribution in [3.05, 3.63) is 11.8 Å². The van der Waals surface area contributed by atoms with Gasteiger partial charge < -0.3 is 14.3 Å². The van der Waals surface area contributed by atoms with E-state index in [-0.39, 0.29) is 18.4 Å². The van der Waals surface area contributed by atoms with Crippen molar-refractivity contribution in [1.29, 1.82) is 0 Å². The summed E-state index contributed by atoms with van der Waals surface area (Å²) in [6.45, 7) is 3.83. The van der Waals surface area contributed by atoms with Crippen LogP contribution in [0.5, 0.6) is 0 Å². The summed E-state index contributed by atoms with van der Waals surface area (Å²) in [5, 5.41) is 16.5. The Balaban J connectivity index is 2.40. The van der Waals surface area contributed by atoms with Crippen LogP contribution in [0.1, 0.15) is 38.5 Å². The average Bonchev–Trinajstić information content (AvgIpc) is 2.72. The van der Waals surface area contributed by atoms with E-state index in [1.807, 2.05) is 13.8 Å². The number of carboxylic acids is 1. The van der Waals surface area contributed by atoms with Crippen LogP contribution in [0.4, 0.5) is 0 Å². The van der Waals surface area contributed by atoms with Gasteiger partial charge in [-0.3, -0.25) is 4.79 Å². The van der Waals surface area contributed by atoms with Gasteiger partial charge in [0.2, 0.25) is 11.8 Å². The molecule has 0 bridgehead atoms. The Labute approximate surface area is 106 Å². The fraction of sp³-hybridized carbons (Fsp3) is 0.750. The molecule has 6 heteroatoms. The minimum Gasteiger partial charge on any atom is -0.481 e. The van der Waals surface area contributed by atoms with Crippen LogP contribution in [0, 0.1) is 5.92 Å². The predicted octanol–water partition coefficient (Wildman–Crippen LogP) is 1.69. The SMILES string of the molecule is COC(C)CCc1nnc(CC(C)CC(=O)O)o1. The molecule has 0 spiro atoms. The summed E-state index contributed by atoms with van der Waals surface area (Å²) < 4.78 is 10.6. The van der Waals surface area contributed by atoms with Gasteiger partial charge >= 0.3 is 5.97 Å². The highest BCUT2D eigenvalue weighted by Gasteiger charge is 2.13. The molecule has 0 fully saturated rings. The second-order valence-corrected chi connectivity index (χ2v) is 4.58. The number of rotatable bonds is 8. The normalized spacial score (nSPS) is 14.4.